The minimum atomic E-state index is -0.199. The molecule has 0 fully saturated rings. The largest absolute Gasteiger partial charge is 0.327 e. The summed E-state index contributed by atoms with van der Waals surface area (Å²) in [4.78, 5) is 11.6. The molecule has 0 spiro atoms. The number of carbonyl (C=O) groups excluding carboxylic acids is 1. The van der Waals surface area contributed by atoms with Gasteiger partial charge in [0.2, 0.25) is 5.91 Å². The first kappa shape index (κ1) is 11.7. The van der Waals surface area contributed by atoms with E-state index in [0.29, 0.717) is 5.69 Å². The lowest BCUT2D eigenvalue weighted by atomic mass is 10.0. The van der Waals surface area contributed by atoms with Crippen molar-refractivity contribution in [2.45, 2.75) is 33.4 Å². The summed E-state index contributed by atoms with van der Waals surface area (Å²) in [6, 6.07) is -0.147. The number of amides is 1. The van der Waals surface area contributed by atoms with Gasteiger partial charge >= 0.3 is 0 Å². The average molecular weight is 210 g/mol. The molecule has 0 aliphatic carbocycles. The Bertz CT molecular complexity index is 332. The maximum Gasteiger partial charge on any atom is 0.228 e. The fraction of sp³-hybridized carbons (Fsp3) is 0.600. The Morgan fingerprint density at radius 3 is 2.80 bits per heavy atom. The number of aryl methyl sites for hydroxylation is 1. The summed E-state index contributed by atoms with van der Waals surface area (Å²) in [6.07, 6.45) is 3.43. The molecule has 1 rings (SSSR count). The van der Waals surface area contributed by atoms with E-state index in [0.717, 1.165) is 6.54 Å². The summed E-state index contributed by atoms with van der Waals surface area (Å²) in [5.74, 6) is -0.268. The van der Waals surface area contributed by atoms with Crippen LogP contribution in [0.15, 0.2) is 12.4 Å². The second-order valence-corrected chi connectivity index (χ2v) is 3.72. The molecule has 1 heterocycles. The van der Waals surface area contributed by atoms with E-state index >= 15 is 0 Å². The van der Waals surface area contributed by atoms with Crippen molar-refractivity contribution in [2.75, 3.05) is 5.32 Å². The van der Waals surface area contributed by atoms with E-state index in [4.69, 9.17) is 5.73 Å². The average Bonchev–Trinajstić information content (AvgIpc) is 2.64. The van der Waals surface area contributed by atoms with Crippen LogP contribution in [0.3, 0.4) is 0 Å². The van der Waals surface area contributed by atoms with E-state index < -0.39 is 0 Å². The quantitative estimate of drug-likeness (QED) is 0.773. The Morgan fingerprint density at radius 1 is 1.67 bits per heavy atom. The summed E-state index contributed by atoms with van der Waals surface area (Å²) in [5.41, 5.74) is 6.36. The zero-order valence-corrected chi connectivity index (χ0v) is 9.40. The zero-order chi connectivity index (χ0) is 11.4. The molecule has 5 heteroatoms. The number of nitrogens with zero attached hydrogens (tertiary/aromatic N) is 2. The molecule has 0 radical (unpaired) electrons. The van der Waals surface area contributed by atoms with Gasteiger partial charge in [0, 0.05) is 18.8 Å². The summed E-state index contributed by atoms with van der Waals surface area (Å²) in [5, 5.41) is 6.84. The van der Waals surface area contributed by atoms with Crippen LogP contribution >= 0.6 is 0 Å². The molecule has 3 N–H and O–H groups in total. The van der Waals surface area contributed by atoms with E-state index in [1.165, 1.54) is 0 Å². The molecule has 84 valence electrons. The molecule has 1 aromatic heterocycles. The molecule has 0 aliphatic rings. The molecule has 0 bridgehead atoms. The maximum absolute atomic E-state index is 11.6. The fourth-order valence-electron chi connectivity index (χ4n) is 1.10. The van der Waals surface area contributed by atoms with Gasteiger partial charge in [-0.2, -0.15) is 5.10 Å². The predicted octanol–water partition coefficient (Wildman–Crippen LogP) is 0.825. The van der Waals surface area contributed by atoms with Gasteiger partial charge in [0.25, 0.3) is 0 Å². The zero-order valence-electron chi connectivity index (χ0n) is 9.40. The van der Waals surface area contributed by atoms with Crippen molar-refractivity contribution < 1.29 is 4.79 Å². The van der Waals surface area contributed by atoms with E-state index in [2.05, 4.69) is 10.4 Å². The highest BCUT2D eigenvalue weighted by Gasteiger charge is 2.17. The van der Waals surface area contributed by atoms with Crippen molar-refractivity contribution in [2.24, 2.45) is 11.7 Å². The fourth-order valence-corrected chi connectivity index (χ4v) is 1.10. The molecule has 15 heavy (non-hydrogen) atoms. The second kappa shape index (κ2) is 4.93. The maximum atomic E-state index is 11.6. The minimum Gasteiger partial charge on any atom is -0.327 e. The minimum absolute atomic E-state index is 0.0688. The van der Waals surface area contributed by atoms with Crippen molar-refractivity contribution in [1.82, 2.24) is 9.78 Å². The summed E-state index contributed by atoms with van der Waals surface area (Å²) in [7, 11) is 0. The van der Waals surface area contributed by atoms with E-state index in [9.17, 15) is 4.79 Å². The molecule has 0 saturated heterocycles. The Morgan fingerprint density at radius 2 is 2.33 bits per heavy atom. The lowest BCUT2D eigenvalue weighted by Gasteiger charge is -2.14. The topological polar surface area (TPSA) is 72.9 Å². The standard InChI is InChI=1S/C10H18N4O/c1-4-14-6-9(5-12-14)13-10(15)7(2)8(3)11/h5-8H,4,11H2,1-3H3,(H,13,15). The Labute approximate surface area is 89.6 Å². The smallest absolute Gasteiger partial charge is 0.228 e. The van der Waals surface area contributed by atoms with Gasteiger partial charge in [-0.15, -0.1) is 0 Å². The molecule has 2 atom stereocenters. The summed E-state index contributed by atoms with van der Waals surface area (Å²) in [6.45, 7) is 6.41. The normalized spacial score (nSPS) is 14.7. The molecule has 1 amide bonds. The Hall–Kier alpha value is -1.36. The first-order valence-corrected chi connectivity index (χ1v) is 5.13. The van der Waals surface area contributed by atoms with Crippen LogP contribution in [0.1, 0.15) is 20.8 Å². The van der Waals surface area contributed by atoms with Crippen molar-refractivity contribution in [3.63, 3.8) is 0 Å². The number of rotatable bonds is 4. The third-order valence-corrected chi connectivity index (χ3v) is 2.43. The first-order chi connectivity index (χ1) is 7.04. The van der Waals surface area contributed by atoms with Crippen molar-refractivity contribution >= 4 is 11.6 Å². The highest BCUT2D eigenvalue weighted by molar-refractivity contribution is 5.92. The molecule has 2 unspecified atom stereocenters. The van der Waals surface area contributed by atoms with Gasteiger partial charge in [-0.1, -0.05) is 6.92 Å². The van der Waals surface area contributed by atoms with Crippen LogP contribution in [0, 0.1) is 5.92 Å². The number of hydrogen-bond donors (Lipinski definition) is 2. The molecular weight excluding hydrogens is 192 g/mol. The third-order valence-electron chi connectivity index (χ3n) is 2.43. The number of hydrogen-bond acceptors (Lipinski definition) is 3. The van der Waals surface area contributed by atoms with Crippen molar-refractivity contribution in [3.05, 3.63) is 12.4 Å². The monoisotopic (exact) mass is 210 g/mol. The van der Waals surface area contributed by atoms with Gasteiger partial charge in [-0.05, 0) is 13.8 Å². The first-order valence-electron chi connectivity index (χ1n) is 5.13. The van der Waals surface area contributed by atoms with Crippen molar-refractivity contribution in [1.29, 1.82) is 0 Å². The van der Waals surface area contributed by atoms with Gasteiger partial charge in [0.1, 0.15) is 0 Å². The van der Waals surface area contributed by atoms with E-state index in [1.807, 2.05) is 20.8 Å². The van der Waals surface area contributed by atoms with Gasteiger partial charge in [-0.3, -0.25) is 9.48 Å². The Kier molecular flexibility index (Phi) is 3.85. The SMILES string of the molecule is CCn1cc(NC(=O)C(C)C(C)N)cn1. The van der Waals surface area contributed by atoms with Crippen LogP contribution in [0.5, 0.6) is 0 Å². The van der Waals surface area contributed by atoms with Crippen LogP contribution in [-0.4, -0.2) is 21.7 Å². The predicted molar refractivity (Wildman–Crippen MR) is 59.3 cm³/mol. The van der Waals surface area contributed by atoms with Gasteiger partial charge in [0.15, 0.2) is 0 Å². The summed E-state index contributed by atoms with van der Waals surface area (Å²) >= 11 is 0. The molecule has 0 aromatic carbocycles. The lowest BCUT2D eigenvalue weighted by Crippen LogP contribution is -2.34. The van der Waals surface area contributed by atoms with Gasteiger partial charge in [-0.25, -0.2) is 0 Å². The molecule has 0 saturated carbocycles. The third kappa shape index (κ3) is 3.06. The summed E-state index contributed by atoms with van der Waals surface area (Å²) < 4.78 is 1.76. The number of nitrogens with two attached hydrogens (primary N) is 1. The molecule has 0 aliphatic heterocycles. The number of aromatic nitrogens is 2. The van der Waals surface area contributed by atoms with E-state index in [1.54, 1.807) is 17.1 Å². The van der Waals surface area contributed by atoms with Crippen molar-refractivity contribution in [3.8, 4) is 0 Å². The number of carbonyl (C=O) groups is 1. The molecular formula is C10H18N4O. The van der Waals surface area contributed by atoms with Crippen LogP contribution in [0.25, 0.3) is 0 Å². The second-order valence-electron chi connectivity index (χ2n) is 3.72. The number of nitrogens with one attached hydrogen (secondary N) is 1. The Balaban J connectivity index is 2.58. The lowest BCUT2D eigenvalue weighted by molar-refractivity contribution is -0.119. The van der Waals surface area contributed by atoms with Crippen LogP contribution < -0.4 is 11.1 Å². The highest BCUT2D eigenvalue weighted by atomic mass is 16.1. The highest BCUT2D eigenvalue weighted by Crippen LogP contribution is 2.08. The molecule has 1 aromatic rings. The number of anilines is 1. The van der Waals surface area contributed by atoms with E-state index in [-0.39, 0.29) is 17.9 Å². The van der Waals surface area contributed by atoms with Gasteiger partial charge in [0.05, 0.1) is 17.8 Å². The van der Waals surface area contributed by atoms with Crippen LogP contribution in [0.2, 0.25) is 0 Å². The van der Waals surface area contributed by atoms with Crippen LogP contribution in [0.4, 0.5) is 5.69 Å². The van der Waals surface area contributed by atoms with Gasteiger partial charge < -0.3 is 11.1 Å². The molecule has 5 nitrogen and oxygen atoms in total. The van der Waals surface area contributed by atoms with Crippen LogP contribution in [-0.2, 0) is 11.3 Å².